The van der Waals surface area contributed by atoms with Crippen LogP contribution in [-0.4, -0.2) is 15.8 Å². The number of anilines is 1. The number of carbonyl (C=O) groups excluding carboxylic acids is 1. The molecule has 1 N–H and O–H groups in total. The summed E-state index contributed by atoms with van der Waals surface area (Å²) in [4.78, 5) is 26.7. The molecular formula is C17H15N3O3S. The van der Waals surface area contributed by atoms with Gasteiger partial charge >= 0.3 is 0 Å². The molecule has 0 radical (unpaired) electrons. The molecule has 122 valence electrons. The van der Waals surface area contributed by atoms with E-state index in [-0.39, 0.29) is 18.0 Å². The zero-order valence-electron chi connectivity index (χ0n) is 13.0. The van der Waals surface area contributed by atoms with Crippen molar-refractivity contribution < 1.29 is 9.72 Å². The van der Waals surface area contributed by atoms with Gasteiger partial charge in [0, 0.05) is 12.1 Å². The Morgan fingerprint density at radius 2 is 1.92 bits per heavy atom. The van der Waals surface area contributed by atoms with E-state index < -0.39 is 4.92 Å². The van der Waals surface area contributed by atoms with Gasteiger partial charge in [-0.15, -0.1) is 0 Å². The molecule has 2 aromatic carbocycles. The number of nitro benzene ring substituents is 1. The van der Waals surface area contributed by atoms with E-state index >= 15 is 0 Å². The maximum atomic E-state index is 12.1. The van der Waals surface area contributed by atoms with Gasteiger partial charge in [-0.25, -0.2) is 4.98 Å². The summed E-state index contributed by atoms with van der Waals surface area (Å²) in [6.07, 6.45) is 1.23. The number of nitrogens with one attached hydrogen (secondary N) is 1. The van der Waals surface area contributed by atoms with E-state index in [4.69, 9.17) is 0 Å². The van der Waals surface area contributed by atoms with Crippen LogP contribution in [0.25, 0.3) is 10.2 Å². The molecular weight excluding hydrogens is 326 g/mol. The third-order valence-corrected chi connectivity index (χ3v) is 4.58. The molecule has 0 bridgehead atoms. The van der Waals surface area contributed by atoms with Gasteiger partial charge in [0.15, 0.2) is 5.13 Å². The van der Waals surface area contributed by atoms with Gasteiger partial charge in [0.1, 0.15) is 0 Å². The fourth-order valence-corrected chi connectivity index (χ4v) is 3.19. The van der Waals surface area contributed by atoms with Crippen LogP contribution in [0.1, 0.15) is 18.1 Å². The van der Waals surface area contributed by atoms with Crippen molar-refractivity contribution in [3.63, 3.8) is 0 Å². The summed E-state index contributed by atoms with van der Waals surface area (Å²) in [5.41, 5.74) is 2.66. The molecule has 1 amide bonds. The zero-order chi connectivity index (χ0) is 17.1. The van der Waals surface area contributed by atoms with Crippen LogP contribution in [-0.2, 0) is 17.6 Å². The summed E-state index contributed by atoms with van der Waals surface area (Å²) in [6.45, 7) is 2.08. The second-order valence-electron chi connectivity index (χ2n) is 5.32. The molecule has 0 aliphatic heterocycles. The van der Waals surface area contributed by atoms with E-state index in [1.807, 2.05) is 24.3 Å². The van der Waals surface area contributed by atoms with Gasteiger partial charge < -0.3 is 5.32 Å². The number of aromatic nitrogens is 1. The Labute approximate surface area is 142 Å². The third kappa shape index (κ3) is 3.57. The van der Waals surface area contributed by atoms with Crippen molar-refractivity contribution in [3.8, 4) is 0 Å². The summed E-state index contributed by atoms with van der Waals surface area (Å²) in [7, 11) is 0. The second kappa shape index (κ2) is 6.76. The van der Waals surface area contributed by atoms with E-state index in [9.17, 15) is 14.9 Å². The Kier molecular flexibility index (Phi) is 4.52. The first kappa shape index (κ1) is 16.1. The Morgan fingerprint density at radius 3 is 2.58 bits per heavy atom. The minimum absolute atomic E-state index is 0.0123. The van der Waals surface area contributed by atoms with E-state index in [1.165, 1.54) is 29.0 Å². The molecule has 3 aromatic rings. The highest BCUT2D eigenvalue weighted by atomic mass is 32.1. The van der Waals surface area contributed by atoms with Crippen LogP contribution in [0.5, 0.6) is 0 Å². The number of hydrogen-bond donors (Lipinski definition) is 1. The molecule has 0 aliphatic rings. The Hall–Kier alpha value is -2.80. The molecule has 0 unspecified atom stereocenters. The lowest BCUT2D eigenvalue weighted by molar-refractivity contribution is -0.384. The van der Waals surface area contributed by atoms with Gasteiger partial charge in [-0.2, -0.15) is 0 Å². The highest BCUT2D eigenvalue weighted by molar-refractivity contribution is 7.22. The molecule has 1 heterocycles. The van der Waals surface area contributed by atoms with Crippen molar-refractivity contribution >= 4 is 38.3 Å². The molecule has 0 saturated heterocycles. The molecule has 0 spiro atoms. The van der Waals surface area contributed by atoms with Crippen molar-refractivity contribution in [1.82, 2.24) is 4.98 Å². The van der Waals surface area contributed by atoms with Gasteiger partial charge in [0.05, 0.1) is 21.6 Å². The van der Waals surface area contributed by atoms with Crippen molar-refractivity contribution in [1.29, 1.82) is 0 Å². The van der Waals surface area contributed by atoms with Gasteiger partial charge in [-0.3, -0.25) is 14.9 Å². The molecule has 6 nitrogen and oxygen atoms in total. The van der Waals surface area contributed by atoms with Crippen LogP contribution >= 0.6 is 11.3 Å². The summed E-state index contributed by atoms with van der Waals surface area (Å²) >= 11 is 1.30. The van der Waals surface area contributed by atoms with E-state index in [2.05, 4.69) is 17.2 Å². The van der Waals surface area contributed by atoms with Crippen LogP contribution < -0.4 is 5.32 Å². The number of thiazole rings is 1. The Morgan fingerprint density at radius 1 is 1.21 bits per heavy atom. The number of fused-ring (bicyclic) bond motifs is 1. The summed E-state index contributed by atoms with van der Waals surface area (Å²) in [5, 5.41) is 14.0. The minimum atomic E-state index is -0.461. The van der Waals surface area contributed by atoms with Crippen LogP contribution in [0.4, 0.5) is 10.8 Å². The SMILES string of the molecule is CCc1ccc(CC(=O)Nc2nc3cc([N+](=O)[O-])ccc3s2)cc1. The highest BCUT2D eigenvalue weighted by Gasteiger charge is 2.12. The largest absolute Gasteiger partial charge is 0.302 e. The van der Waals surface area contributed by atoms with Gasteiger partial charge in [0.2, 0.25) is 5.91 Å². The Balaban J connectivity index is 1.71. The van der Waals surface area contributed by atoms with Crippen LogP contribution in [0, 0.1) is 10.1 Å². The fourth-order valence-electron chi connectivity index (χ4n) is 2.32. The number of rotatable bonds is 5. The lowest BCUT2D eigenvalue weighted by atomic mass is 10.1. The number of nitro groups is 1. The minimum Gasteiger partial charge on any atom is -0.302 e. The number of carbonyl (C=O) groups is 1. The molecule has 24 heavy (non-hydrogen) atoms. The first-order valence-corrected chi connectivity index (χ1v) is 8.29. The lowest BCUT2D eigenvalue weighted by Gasteiger charge is -2.03. The predicted octanol–water partition coefficient (Wildman–Crippen LogP) is 3.95. The smallest absolute Gasteiger partial charge is 0.271 e. The number of benzene rings is 2. The zero-order valence-corrected chi connectivity index (χ0v) is 13.8. The second-order valence-corrected chi connectivity index (χ2v) is 6.35. The third-order valence-electron chi connectivity index (χ3n) is 3.62. The number of amides is 1. The molecule has 1 aromatic heterocycles. The van der Waals surface area contributed by atoms with E-state index in [0.29, 0.717) is 10.6 Å². The maximum Gasteiger partial charge on any atom is 0.271 e. The van der Waals surface area contributed by atoms with Crippen LogP contribution in [0.3, 0.4) is 0 Å². The molecule has 7 heteroatoms. The first-order valence-electron chi connectivity index (χ1n) is 7.48. The quantitative estimate of drug-likeness (QED) is 0.562. The van der Waals surface area contributed by atoms with Crippen molar-refractivity contribution in [2.24, 2.45) is 0 Å². The van der Waals surface area contributed by atoms with Crippen molar-refractivity contribution in [2.45, 2.75) is 19.8 Å². The highest BCUT2D eigenvalue weighted by Crippen LogP contribution is 2.28. The molecule has 0 atom stereocenters. The first-order chi connectivity index (χ1) is 11.5. The molecule has 3 rings (SSSR count). The topological polar surface area (TPSA) is 85.1 Å². The van der Waals surface area contributed by atoms with Crippen molar-refractivity contribution in [3.05, 3.63) is 63.7 Å². The lowest BCUT2D eigenvalue weighted by Crippen LogP contribution is -2.14. The number of aryl methyl sites for hydroxylation is 1. The van der Waals surface area contributed by atoms with Gasteiger partial charge in [-0.1, -0.05) is 42.5 Å². The van der Waals surface area contributed by atoms with Crippen molar-refractivity contribution in [2.75, 3.05) is 5.32 Å². The van der Waals surface area contributed by atoms with E-state index in [0.717, 1.165) is 16.7 Å². The predicted molar refractivity (Wildman–Crippen MR) is 94.4 cm³/mol. The van der Waals surface area contributed by atoms with E-state index in [1.54, 1.807) is 6.07 Å². The number of hydrogen-bond acceptors (Lipinski definition) is 5. The van der Waals surface area contributed by atoms with Gasteiger partial charge in [-0.05, 0) is 23.6 Å². The monoisotopic (exact) mass is 341 g/mol. The summed E-state index contributed by atoms with van der Waals surface area (Å²) in [6, 6.07) is 12.4. The van der Waals surface area contributed by atoms with Gasteiger partial charge in [0.25, 0.3) is 5.69 Å². The fraction of sp³-hybridized carbons (Fsp3) is 0.176. The number of non-ortho nitro benzene ring substituents is 1. The average molecular weight is 341 g/mol. The summed E-state index contributed by atoms with van der Waals surface area (Å²) < 4.78 is 0.795. The molecule has 0 aliphatic carbocycles. The van der Waals surface area contributed by atoms with Crippen LogP contribution in [0.15, 0.2) is 42.5 Å². The molecule has 0 saturated carbocycles. The molecule has 0 fully saturated rings. The number of nitrogens with zero attached hydrogens (tertiary/aromatic N) is 2. The standard InChI is InChI=1S/C17H15N3O3S/c1-2-11-3-5-12(6-4-11)9-16(21)19-17-18-14-10-13(20(22)23)7-8-15(14)24-17/h3-8,10H,2,9H2,1H3,(H,18,19,21). The van der Waals surface area contributed by atoms with Crippen LogP contribution in [0.2, 0.25) is 0 Å². The summed E-state index contributed by atoms with van der Waals surface area (Å²) in [5.74, 6) is -0.159. The maximum absolute atomic E-state index is 12.1. The Bertz CT molecular complexity index is 903. The average Bonchev–Trinajstić information content (AvgIpc) is 2.96. The normalized spacial score (nSPS) is 10.7.